The van der Waals surface area contributed by atoms with Crippen molar-refractivity contribution in [1.82, 2.24) is 0 Å². The average molecular weight is 260 g/mol. The Morgan fingerprint density at radius 3 is 2.78 bits per heavy atom. The van der Waals surface area contributed by atoms with Gasteiger partial charge in [0, 0.05) is 5.02 Å². The standard InChI is InChI=1S/C15H14ClNO/c1-12-5-2-3-7-14(12)10-17-18-11-13-6-4-8-15(16)9-13/h2-10H,11H2,1H3. The third-order valence-corrected chi connectivity index (χ3v) is 2.81. The van der Waals surface area contributed by atoms with E-state index >= 15 is 0 Å². The lowest BCUT2D eigenvalue weighted by molar-refractivity contribution is 0.132. The number of nitrogens with zero attached hydrogens (tertiary/aromatic N) is 1. The summed E-state index contributed by atoms with van der Waals surface area (Å²) in [5.74, 6) is 0. The molecule has 2 nitrogen and oxygen atoms in total. The molecule has 0 radical (unpaired) electrons. The SMILES string of the molecule is Cc1ccccc1C=NOCc1cccc(Cl)c1. The minimum Gasteiger partial charge on any atom is -0.391 e. The fraction of sp³-hybridized carbons (Fsp3) is 0.133. The van der Waals surface area contributed by atoms with Gasteiger partial charge < -0.3 is 4.84 Å². The second kappa shape index (κ2) is 6.22. The molecular formula is C15H14ClNO. The van der Waals surface area contributed by atoms with Crippen LogP contribution in [0.1, 0.15) is 16.7 Å². The van der Waals surface area contributed by atoms with Crippen LogP contribution in [-0.2, 0) is 11.4 Å². The van der Waals surface area contributed by atoms with Crippen LogP contribution in [0.25, 0.3) is 0 Å². The second-order valence-corrected chi connectivity index (χ2v) is 4.43. The van der Waals surface area contributed by atoms with E-state index in [-0.39, 0.29) is 0 Å². The summed E-state index contributed by atoms with van der Waals surface area (Å²) in [4.78, 5) is 5.24. The highest BCUT2D eigenvalue weighted by Gasteiger charge is 1.94. The molecule has 2 rings (SSSR count). The molecule has 3 heteroatoms. The highest BCUT2D eigenvalue weighted by atomic mass is 35.5. The van der Waals surface area contributed by atoms with Gasteiger partial charge in [0.15, 0.2) is 0 Å². The van der Waals surface area contributed by atoms with E-state index in [1.165, 1.54) is 5.56 Å². The quantitative estimate of drug-likeness (QED) is 0.596. The summed E-state index contributed by atoms with van der Waals surface area (Å²) in [6.45, 7) is 2.46. The maximum atomic E-state index is 5.88. The summed E-state index contributed by atoms with van der Waals surface area (Å²) < 4.78 is 0. The molecule has 0 saturated carbocycles. The molecule has 0 saturated heterocycles. The Morgan fingerprint density at radius 1 is 1.17 bits per heavy atom. The first kappa shape index (κ1) is 12.7. The highest BCUT2D eigenvalue weighted by molar-refractivity contribution is 6.30. The topological polar surface area (TPSA) is 21.6 Å². The molecular weight excluding hydrogens is 246 g/mol. The Balaban J connectivity index is 1.91. The van der Waals surface area contributed by atoms with Gasteiger partial charge in [0.05, 0.1) is 6.21 Å². The molecule has 0 spiro atoms. The molecule has 0 heterocycles. The van der Waals surface area contributed by atoms with Crippen molar-refractivity contribution in [2.24, 2.45) is 5.16 Å². The van der Waals surface area contributed by atoms with Gasteiger partial charge in [0.25, 0.3) is 0 Å². The van der Waals surface area contributed by atoms with E-state index in [1.807, 2.05) is 55.5 Å². The summed E-state index contributed by atoms with van der Waals surface area (Å²) in [5.41, 5.74) is 3.24. The number of hydrogen-bond acceptors (Lipinski definition) is 2. The first-order chi connectivity index (χ1) is 8.75. The van der Waals surface area contributed by atoms with Crippen molar-refractivity contribution in [3.8, 4) is 0 Å². The van der Waals surface area contributed by atoms with Crippen LogP contribution in [0.4, 0.5) is 0 Å². The first-order valence-corrected chi connectivity index (χ1v) is 6.09. The predicted octanol–water partition coefficient (Wildman–Crippen LogP) is 4.20. The van der Waals surface area contributed by atoms with Crippen molar-refractivity contribution >= 4 is 17.8 Å². The molecule has 0 fully saturated rings. The zero-order valence-electron chi connectivity index (χ0n) is 10.1. The summed E-state index contributed by atoms with van der Waals surface area (Å²) in [7, 11) is 0. The van der Waals surface area contributed by atoms with E-state index in [9.17, 15) is 0 Å². The number of hydrogen-bond donors (Lipinski definition) is 0. The number of rotatable bonds is 4. The summed E-state index contributed by atoms with van der Waals surface area (Å²) in [6, 6.07) is 15.6. The van der Waals surface area contributed by atoms with Gasteiger partial charge in [-0.1, -0.05) is 53.2 Å². The van der Waals surface area contributed by atoms with Gasteiger partial charge in [-0.05, 0) is 35.7 Å². The fourth-order valence-electron chi connectivity index (χ4n) is 1.56. The van der Waals surface area contributed by atoms with E-state index in [0.717, 1.165) is 11.1 Å². The largest absolute Gasteiger partial charge is 0.391 e. The predicted molar refractivity (Wildman–Crippen MR) is 75.0 cm³/mol. The van der Waals surface area contributed by atoms with Gasteiger partial charge in [0.2, 0.25) is 0 Å². The van der Waals surface area contributed by atoms with Crippen LogP contribution in [0.3, 0.4) is 0 Å². The van der Waals surface area contributed by atoms with Crippen LogP contribution in [0.5, 0.6) is 0 Å². The normalized spacial score (nSPS) is 10.8. The van der Waals surface area contributed by atoms with Crippen LogP contribution in [0, 0.1) is 6.92 Å². The lowest BCUT2D eigenvalue weighted by atomic mass is 10.1. The van der Waals surface area contributed by atoms with E-state index in [4.69, 9.17) is 16.4 Å². The Bertz CT molecular complexity index is 552. The van der Waals surface area contributed by atoms with Crippen molar-refractivity contribution in [1.29, 1.82) is 0 Å². The third kappa shape index (κ3) is 3.60. The number of oxime groups is 1. The van der Waals surface area contributed by atoms with E-state index in [2.05, 4.69) is 5.16 Å². The van der Waals surface area contributed by atoms with Gasteiger partial charge in [-0.25, -0.2) is 0 Å². The Kier molecular flexibility index (Phi) is 4.37. The summed E-state index contributed by atoms with van der Waals surface area (Å²) in [5, 5.41) is 4.67. The van der Waals surface area contributed by atoms with E-state index in [1.54, 1.807) is 6.21 Å². The molecule has 18 heavy (non-hydrogen) atoms. The second-order valence-electron chi connectivity index (χ2n) is 3.99. The van der Waals surface area contributed by atoms with Gasteiger partial charge in [-0.3, -0.25) is 0 Å². The first-order valence-electron chi connectivity index (χ1n) is 5.71. The molecule has 92 valence electrons. The van der Waals surface area contributed by atoms with Crippen LogP contribution >= 0.6 is 11.6 Å². The van der Waals surface area contributed by atoms with E-state index in [0.29, 0.717) is 11.6 Å². The summed E-state index contributed by atoms with van der Waals surface area (Å²) in [6.07, 6.45) is 1.72. The minimum absolute atomic E-state index is 0.420. The van der Waals surface area contributed by atoms with Crippen LogP contribution in [0.2, 0.25) is 5.02 Å². The van der Waals surface area contributed by atoms with Gasteiger partial charge >= 0.3 is 0 Å². The van der Waals surface area contributed by atoms with Crippen molar-refractivity contribution < 1.29 is 4.84 Å². The fourth-order valence-corrected chi connectivity index (χ4v) is 1.78. The minimum atomic E-state index is 0.420. The third-order valence-electron chi connectivity index (χ3n) is 2.58. The van der Waals surface area contributed by atoms with Crippen LogP contribution in [0.15, 0.2) is 53.7 Å². The van der Waals surface area contributed by atoms with E-state index < -0.39 is 0 Å². The van der Waals surface area contributed by atoms with Crippen LogP contribution < -0.4 is 0 Å². The zero-order chi connectivity index (χ0) is 12.8. The molecule has 0 N–H and O–H groups in total. The number of benzene rings is 2. The van der Waals surface area contributed by atoms with Crippen LogP contribution in [-0.4, -0.2) is 6.21 Å². The molecule has 2 aromatic rings. The van der Waals surface area contributed by atoms with Gasteiger partial charge in [-0.15, -0.1) is 0 Å². The Hall–Kier alpha value is -1.80. The Morgan fingerprint density at radius 2 is 2.00 bits per heavy atom. The maximum absolute atomic E-state index is 5.88. The van der Waals surface area contributed by atoms with Crippen molar-refractivity contribution in [2.45, 2.75) is 13.5 Å². The summed E-state index contributed by atoms with van der Waals surface area (Å²) >= 11 is 5.88. The van der Waals surface area contributed by atoms with Crippen molar-refractivity contribution in [3.05, 3.63) is 70.2 Å². The van der Waals surface area contributed by atoms with Crippen molar-refractivity contribution in [3.63, 3.8) is 0 Å². The smallest absolute Gasteiger partial charge is 0.142 e. The molecule has 0 bridgehead atoms. The van der Waals surface area contributed by atoms with Gasteiger partial charge in [-0.2, -0.15) is 0 Å². The molecule has 2 aromatic carbocycles. The van der Waals surface area contributed by atoms with Gasteiger partial charge in [0.1, 0.15) is 6.61 Å². The zero-order valence-corrected chi connectivity index (χ0v) is 10.9. The highest BCUT2D eigenvalue weighted by Crippen LogP contribution is 2.11. The lowest BCUT2D eigenvalue weighted by Crippen LogP contribution is -1.89. The molecule has 0 aliphatic rings. The monoisotopic (exact) mass is 259 g/mol. The number of halogens is 1. The Labute approximate surface area is 112 Å². The number of aryl methyl sites for hydroxylation is 1. The van der Waals surface area contributed by atoms with Crippen molar-refractivity contribution in [2.75, 3.05) is 0 Å². The average Bonchev–Trinajstić information content (AvgIpc) is 2.37. The molecule has 0 aliphatic heterocycles. The maximum Gasteiger partial charge on any atom is 0.142 e. The molecule has 0 aliphatic carbocycles. The molecule has 0 unspecified atom stereocenters. The molecule has 0 atom stereocenters. The molecule has 0 aromatic heterocycles. The lowest BCUT2D eigenvalue weighted by Gasteiger charge is -2.01. The molecule has 0 amide bonds.